The minimum absolute atomic E-state index is 0. The molecule has 0 amide bonds. The molecule has 0 saturated carbocycles. The monoisotopic (exact) mass is 161 g/mol. The normalized spacial score (nSPS) is 2.57. The molecule has 4 heteroatoms. The van der Waals surface area contributed by atoms with Gasteiger partial charge < -0.3 is 6.15 Å². The first kappa shape index (κ1) is 24.5. The molecule has 0 aromatic rings. The Bertz CT molecular complexity index is 10.1. The van der Waals surface area contributed by atoms with Gasteiger partial charge in [-0.2, -0.15) is 37.9 Å². The van der Waals surface area contributed by atoms with Gasteiger partial charge in [-0.15, -0.1) is 0 Å². The zero-order chi connectivity index (χ0) is 6.00. The quantitative estimate of drug-likeness (QED) is 0.402. The molecule has 0 aliphatic heterocycles. The van der Waals surface area contributed by atoms with Crippen LogP contribution in [0.2, 0.25) is 0 Å². The zero-order valence-electron chi connectivity index (χ0n) is 5.05. The van der Waals surface area contributed by atoms with Crippen molar-refractivity contribution in [2.45, 2.75) is 0 Å². The highest BCUT2D eigenvalue weighted by Gasteiger charge is 0.905. The fourth-order valence-corrected chi connectivity index (χ4v) is 0. The van der Waals surface area contributed by atoms with Crippen molar-refractivity contribution in [3.05, 3.63) is 0 Å². The fourth-order valence-electron chi connectivity index (χ4n) is 0. The SMILES string of the molecule is CS.CS.CS.N. The molecule has 0 heterocycles. The summed E-state index contributed by atoms with van der Waals surface area (Å²) in [5.41, 5.74) is 0. The Balaban J connectivity index is -0.00000000900. The molecule has 0 unspecified atom stereocenters. The van der Waals surface area contributed by atoms with Crippen molar-refractivity contribution < 1.29 is 0 Å². The second-order valence-electron chi connectivity index (χ2n) is 0. The van der Waals surface area contributed by atoms with Crippen LogP contribution in [0, 0.1) is 0 Å². The van der Waals surface area contributed by atoms with Gasteiger partial charge in [0.1, 0.15) is 0 Å². The molecule has 0 spiro atoms. The van der Waals surface area contributed by atoms with Gasteiger partial charge in [-0.3, -0.25) is 0 Å². The molecular weight excluding hydrogens is 146 g/mol. The lowest BCUT2D eigenvalue weighted by Gasteiger charge is -1.11. The van der Waals surface area contributed by atoms with E-state index in [0.29, 0.717) is 0 Å². The first-order valence-corrected chi connectivity index (χ1v) is 4.02. The molecule has 0 fully saturated rings. The summed E-state index contributed by atoms with van der Waals surface area (Å²) >= 11 is 10.6. The lowest BCUT2D eigenvalue weighted by atomic mass is 12.0. The van der Waals surface area contributed by atoms with Crippen LogP contribution in [0.4, 0.5) is 0 Å². The molecule has 0 rings (SSSR count). The van der Waals surface area contributed by atoms with Gasteiger partial charge in [0.25, 0.3) is 0 Å². The Hall–Kier alpha value is 1.01. The average molecular weight is 161 g/mol. The van der Waals surface area contributed by atoms with E-state index in [4.69, 9.17) is 0 Å². The predicted molar refractivity (Wildman–Crippen MR) is 49.8 cm³/mol. The summed E-state index contributed by atoms with van der Waals surface area (Å²) in [6.45, 7) is 0. The third-order valence-electron chi connectivity index (χ3n) is 0. The van der Waals surface area contributed by atoms with Crippen LogP contribution in [-0.2, 0) is 0 Å². The van der Waals surface area contributed by atoms with Gasteiger partial charge in [0.2, 0.25) is 0 Å². The van der Waals surface area contributed by atoms with E-state index in [1.54, 1.807) is 18.8 Å². The van der Waals surface area contributed by atoms with Crippen molar-refractivity contribution in [1.82, 2.24) is 6.15 Å². The molecule has 0 atom stereocenters. The van der Waals surface area contributed by atoms with E-state index < -0.39 is 0 Å². The number of hydrogen-bond acceptors (Lipinski definition) is 4. The van der Waals surface area contributed by atoms with Crippen LogP contribution >= 0.6 is 37.9 Å². The Labute approximate surface area is 63.1 Å². The van der Waals surface area contributed by atoms with Gasteiger partial charge >= 0.3 is 0 Å². The molecule has 0 aromatic carbocycles. The Kier molecular flexibility index (Phi) is 868. The van der Waals surface area contributed by atoms with Gasteiger partial charge in [0.05, 0.1) is 0 Å². The largest absolute Gasteiger partial charge is 0.344 e. The third-order valence-corrected chi connectivity index (χ3v) is 0. The molecule has 1 nitrogen and oxygen atoms in total. The Morgan fingerprint density at radius 3 is 0.571 bits per heavy atom. The van der Waals surface area contributed by atoms with Crippen molar-refractivity contribution >= 4 is 37.9 Å². The van der Waals surface area contributed by atoms with Crippen LogP contribution in [0.5, 0.6) is 0 Å². The van der Waals surface area contributed by atoms with Crippen LogP contribution < -0.4 is 6.15 Å². The zero-order valence-corrected chi connectivity index (χ0v) is 7.73. The van der Waals surface area contributed by atoms with Crippen molar-refractivity contribution in [2.75, 3.05) is 18.8 Å². The highest BCUT2D eigenvalue weighted by molar-refractivity contribution is 7.79. The summed E-state index contributed by atoms with van der Waals surface area (Å²) < 4.78 is 0. The minimum atomic E-state index is 0. The molecule has 7 heavy (non-hydrogen) atoms. The van der Waals surface area contributed by atoms with E-state index in [1.165, 1.54) is 0 Å². The number of rotatable bonds is 0. The molecule has 0 radical (unpaired) electrons. The molecule has 0 bridgehead atoms. The summed E-state index contributed by atoms with van der Waals surface area (Å²) in [4.78, 5) is 0. The third kappa shape index (κ3) is 172. The van der Waals surface area contributed by atoms with Crippen LogP contribution in [0.3, 0.4) is 0 Å². The van der Waals surface area contributed by atoms with E-state index in [2.05, 4.69) is 37.9 Å². The van der Waals surface area contributed by atoms with Crippen LogP contribution in [0.25, 0.3) is 0 Å². The summed E-state index contributed by atoms with van der Waals surface area (Å²) in [6.07, 6.45) is 5.08. The molecule has 3 N–H and O–H groups in total. The van der Waals surface area contributed by atoms with E-state index in [-0.39, 0.29) is 6.15 Å². The summed E-state index contributed by atoms with van der Waals surface area (Å²) in [7, 11) is 0. The van der Waals surface area contributed by atoms with Crippen molar-refractivity contribution in [3.63, 3.8) is 0 Å². The highest BCUT2D eigenvalue weighted by Crippen LogP contribution is 1.31. The number of thiol groups is 3. The second kappa shape index (κ2) is 248. The molecule has 0 saturated heterocycles. The lowest BCUT2D eigenvalue weighted by molar-refractivity contribution is 2.13. The van der Waals surface area contributed by atoms with Crippen molar-refractivity contribution in [1.29, 1.82) is 0 Å². The maximum Gasteiger partial charge on any atom is -0.0215 e. The van der Waals surface area contributed by atoms with E-state index in [9.17, 15) is 0 Å². The second-order valence-corrected chi connectivity index (χ2v) is 0. The summed E-state index contributed by atoms with van der Waals surface area (Å²) in [6, 6.07) is 0. The maximum atomic E-state index is 3.53. The average Bonchev–Trinajstić information content (AvgIpc) is 1.81. The van der Waals surface area contributed by atoms with Gasteiger partial charge in [0, 0.05) is 0 Å². The van der Waals surface area contributed by atoms with Gasteiger partial charge in [0.15, 0.2) is 0 Å². The van der Waals surface area contributed by atoms with Crippen LogP contribution in [-0.4, -0.2) is 18.8 Å². The topological polar surface area (TPSA) is 35.0 Å². The van der Waals surface area contributed by atoms with E-state index >= 15 is 0 Å². The standard InChI is InChI=1S/3CH4S.H3N/c3*1-2;/h3*2H,1H3;1H3. The van der Waals surface area contributed by atoms with Crippen molar-refractivity contribution in [2.24, 2.45) is 0 Å². The van der Waals surface area contributed by atoms with E-state index in [0.717, 1.165) is 0 Å². The molecule has 0 aromatic heterocycles. The predicted octanol–water partition coefficient (Wildman–Crippen LogP) is 1.80. The van der Waals surface area contributed by atoms with Crippen molar-refractivity contribution in [3.8, 4) is 0 Å². The Morgan fingerprint density at radius 2 is 0.571 bits per heavy atom. The van der Waals surface area contributed by atoms with Crippen LogP contribution in [0.1, 0.15) is 0 Å². The summed E-state index contributed by atoms with van der Waals surface area (Å²) in [5, 5.41) is 0. The smallest absolute Gasteiger partial charge is 0.0215 e. The van der Waals surface area contributed by atoms with Gasteiger partial charge in [-0.1, -0.05) is 0 Å². The highest BCUT2D eigenvalue weighted by atomic mass is 32.1. The molecule has 50 valence electrons. The first-order valence-electron chi connectivity index (χ1n) is 1.34. The molecule has 0 aliphatic carbocycles. The van der Waals surface area contributed by atoms with Gasteiger partial charge in [-0.25, -0.2) is 0 Å². The number of hydrogen-bond donors (Lipinski definition) is 4. The fraction of sp³-hybridized carbons (Fsp3) is 1.00. The molecule has 0 aliphatic rings. The minimum Gasteiger partial charge on any atom is -0.344 e. The summed E-state index contributed by atoms with van der Waals surface area (Å²) in [5.74, 6) is 0. The molecular formula is C3H15NS3. The Morgan fingerprint density at radius 1 is 0.571 bits per heavy atom. The van der Waals surface area contributed by atoms with Gasteiger partial charge in [-0.05, 0) is 18.8 Å². The lowest BCUT2D eigenvalue weighted by Crippen LogP contribution is -0.865. The first-order chi connectivity index (χ1) is 3.00. The van der Waals surface area contributed by atoms with Crippen LogP contribution in [0.15, 0.2) is 0 Å². The maximum absolute atomic E-state index is 3.53. The van der Waals surface area contributed by atoms with E-state index in [1.807, 2.05) is 0 Å².